The van der Waals surface area contributed by atoms with Gasteiger partial charge in [0.15, 0.2) is 11.6 Å². The van der Waals surface area contributed by atoms with Gasteiger partial charge >= 0.3 is 0 Å². The van der Waals surface area contributed by atoms with Crippen LogP contribution in [0.5, 0.6) is 5.75 Å². The topological polar surface area (TPSA) is 67.0 Å². The first-order chi connectivity index (χ1) is 10.3. The van der Waals surface area contributed by atoms with Gasteiger partial charge in [0.05, 0.1) is 12.7 Å². The summed E-state index contributed by atoms with van der Waals surface area (Å²) in [5.41, 5.74) is 1.09. The molecule has 0 aliphatic rings. The standard InChI is InChI=1S/C15H18FN3O2/c16-13-5-1-2-6-14(13)21-9-8-17-15(20)7-3-4-12-10-18-19-11-12/h1-2,5-6,10-11H,3-4,7-9H2,(H,17,20)(H,18,19). The minimum absolute atomic E-state index is 0.0318. The number of halogens is 1. The zero-order valence-electron chi connectivity index (χ0n) is 11.6. The van der Waals surface area contributed by atoms with Crippen molar-refractivity contribution in [3.8, 4) is 5.75 Å². The number of carbonyl (C=O) groups is 1. The van der Waals surface area contributed by atoms with Crippen LogP contribution in [0.25, 0.3) is 0 Å². The number of hydrogen-bond donors (Lipinski definition) is 2. The maximum atomic E-state index is 13.3. The molecule has 0 unspecified atom stereocenters. The number of nitrogens with zero attached hydrogens (tertiary/aromatic N) is 1. The Morgan fingerprint density at radius 3 is 3.00 bits per heavy atom. The van der Waals surface area contributed by atoms with Gasteiger partial charge in [-0.05, 0) is 30.5 Å². The molecular weight excluding hydrogens is 273 g/mol. The van der Waals surface area contributed by atoms with Crippen LogP contribution in [0.3, 0.4) is 0 Å². The van der Waals surface area contributed by atoms with Gasteiger partial charge in [-0.15, -0.1) is 0 Å². The zero-order valence-corrected chi connectivity index (χ0v) is 11.6. The SMILES string of the molecule is O=C(CCCc1cn[nH]c1)NCCOc1ccccc1F. The monoisotopic (exact) mass is 291 g/mol. The number of carbonyl (C=O) groups excluding carboxylic acids is 1. The molecule has 0 atom stereocenters. The number of benzene rings is 1. The highest BCUT2D eigenvalue weighted by Gasteiger charge is 2.03. The second-order valence-electron chi connectivity index (χ2n) is 4.59. The largest absolute Gasteiger partial charge is 0.489 e. The summed E-state index contributed by atoms with van der Waals surface area (Å²) in [7, 11) is 0. The highest BCUT2D eigenvalue weighted by Crippen LogP contribution is 2.14. The number of aryl methyl sites for hydroxylation is 1. The first-order valence-electron chi connectivity index (χ1n) is 6.87. The van der Waals surface area contributed by atoms with Crippen LogP contribution in [-0.2, 0) is 11.2 Å². The van der Waals surface area contributed by atoms with Gasteiger partial charge < -0.3 is 10.1 Å². The molecule has 0 radical (unpaired) electrons. The number of amides is 1. The van der Waals surface area contributed by atoms with E-state index in [1.54, 1.807) is 24.4 Å². The highest BCUT2D eigenvalue weighted by atomic mass is 19.1. The van der Waals surface area contributed by atoms with Gasteiger partial charge in [0.1, 0.15) is 6.61 Å². The molecule has 6 heteroatoms. The van der Waals surface area contributed by atoms with Gasteiger partial charge in [0.2, 0.25) is 5.91 Å². The molecule has 0 spiro atoms. The Labute approximate surface area is 122 Å². The zero-order chi connectivity index (χ0) is 14.9. The molecule has 0 bridgehead atoms. The lowest BCUT2D eigenvalue weighted by Gasteiger charge is -2.08. The third-order valence-corrected chi connectivity index (χ3v) is 2.94. The van der Waals surface area contributed by atoms with E-state index < -0.39 is 5.82 Å². The average Bonchev–Trinajstić information content (AvgIpc) is 2.98. The van der Waals surface area contributed by atoms with Crippen LogP contribution in [0.4, 0.5) is 4.39 Å². The number of ether oxygens (including phenoxy) is 1. The molecule has 2 rings (SSSR count). The number of rotatable bonds is 8. The summed E-state index contributed by atoms with van der Waals surface area (Å²) < 4.78 is 18.5. The number of hydrogen-bond acceptors (Lipinski definition) is 3. The van der Waals surface area contributed by atoms with Crippen LogP contribution in [0, 0.1) is 5.82 Å². The van der Waals surface area contributed by atoms with E-state index in [9.17, 15) is 9.18 Å². The Hall–Kier alpha value is -2.37. The number of H-pyrrole nitrogens is 1. The Morgan fingerprint density at radius 2 is 2.24 bits per heavy atom. The van der Waals surface area contributed by atoms with E-state index in [0.717, 1.165) is 18.4 Å². The van der Waals surface area contributed by atoms with Crippen LogP contribution in [0.2, 0.25) is 0 Å². The smallest absolute Gasteiger partial charge is 0.220 e. The second-order valence-corrected chi connectivity index (χ2v) is 4.59. The fraction of sp³-hybridized carbons (Fsp3) is 0.333. The van der Waals surface area contributed by atoms with E-state index >= 15 is 0 Å². The molecule has 0 fully saturated rings. The van der Waals surface area contributed by atoms with Crippen molar-refractivity contribution in [3.05, 3.63) is 48.0 Å². The molecule has 1 aromatic heterocycles. The van der Waals surface area contributed by atoms with Crippen LogP contribution < -0.4 is 10.1 Å². The summed E-state index contributed by atoms with van der Waals surface area (Å²) in [6.45, 7) is 0.604. The summed E-state index contributed by atoms with van der Waals surface area (Å²) in [6.07, 6.45) is 5.60. The van der Waals surface area contributed by atoms with Crippen molar-refractivity contribution in [1.29, 1.82) is 0 Å². The van der Waals surface area contributed by atoms with Crippen molar-refractivity contribution in [3.63, 3.8) is 0 Å². The maximum Gasteiger partial charge on any atom is 0.220 e. The normalized spacial score (nSPS) is 10.3. The van der Waals surface area contributed by atoms with Crippen molar-refractivity contribution < 1.29 is 13.9 Å². The predicted molar refractivity (Wildman–Crippen MR) is 76.4 cm³/mol. The number of para-hydroxylation sites is 1. The van der Waals surface area contributed by atoms with Crippen molar-refractivity contribution in [2.24, 2.45) is 0 Å². The third-order valence-electron chi connectivity index (χ3n) is 2.94. The van der Waals surface area contributed by atoms with Crippen LogP contribution in [0.1, 0.15) is 18.4 Å². The summed E-state index contributed by atoms with van der Waals surface area (Å²) in [5.74, 6) is -0.230. The molecule has 0 saturated carbocycles. The number of aromatic nitrogens is 2. The van der Waals surface area contributed by atoms with E-state index in [-0.39, 0.29) is 18.3 Å². The van der Waals surface area contributed by atoms with E-state index in [0.29, 0.717) is 13.0 Å². The van der Waals surface area contributed by atoms with Gasteiger partial charge in [-0.3, -0.25) is 9.89 Å². The van der Waals surface area contributed by atoms with Gasteiger partial charge in [-0.1, -0.05) is 12.1 Å². The molecule has 0 aliphatic heterocycles. The molecule has 2 aromatic rings. The summed E-state index contributed by atoms with van der Waals surface area (Å²) in [5, 5.41) is 9.32. The van der Waals surface area contributed by atoms with E-state index in [1.807, 2.05) is 6.20 Å². The number of nitrogens with one attached hydrogen (secondary N) is 2. The third kappa shape index (κ3) is 5.25. The molecule has 0 saturated heterocycles. The predicted octanol–water partition coefficient (Wildman–Crippen LogP) is 2.07. The minimum Gasteiger partial charge on any atom is -0.489 e. The minimum atomic E-state index is -0.399. The highest BCUT2D eigenvalue weighted by molar-refractivity contribution is 5.75. The molecule has 21 heavy (non-hydrogen) atoms. The fourth-order valence-electron chi connectivity index (χ4n) is 1.87. The average molecular weight is 291 g/mol. The Morgan fingerprint density at radius 1 is 1.38 bits per heavy atom. The quantitative estimate of drug-likeness (QED) is 0.732. The Kier molecular flexibility index (Phi) is 5.75. The molecule has 112 valence electrons. The molecule has 1 aromatic carbocycles. The van der Waals surface area contributed by atoms with Gasteiger partial charge in [-0.25, -0.2) is 4.39 Å². The van der Waals surface area contributed by atoms with E-state index in [1.165, 1.54) is 6.07 Å². The first-order valence-corrected chi connectivity index (χ1v) is 6.87. The van der Waals surface area contributed by atoms with Crippen molar-refractivity contribution in [1.82, 2.24) is 15.5 Å². The fourth-order valence-corrected chi connectivity index (χ4v) is 1.87. The molecule has 5 nitrogen and oxygen atoms in total. The van der Waals surface area contributed by atoms with Crippen molar-refractivity contribution >= 4 is 5.91 Å². The Bertz CT molecular complexity index is 558. The van der Waals surface area contributed by atoms with Gasteiger partial charge in [0.25, 0.3) is 0 Å². The lowest BCUT2D eigenvalue weighted by atomic mass is 10.1. The van der Waals surface area contributed by atoms with Crippen molar-refractivity contribution in [2.45, 2.75) is 19.3 Å². The van der Waals surface area contributed by atoms with Gasteiger partial charge in [0, 0.05) is 12.6 Å². The molecule has 1 amide bonds. The van der Waals surface area contributed by atoms with E-state index in [2.05, 4.69) is 15.5 Å². The maximum absolute atomic E-state index is 13.3. The van der Waals surface area contributed by atoms with Crippen molar-refractivity contribution in [2.75, 3.05) is 13.2 Å². The summed E-state index contributed by atoms with van der Waals surface area (Å²) in [4.78, 5) is 11.6. The molecule has 0 aliphatic carbocycles. The molecule has 2 N–H and O–H groups in total. The summed E-state index contributed by atoms with van der Waals surface area (Å²) >= 11 is 0. The van der Waals surface area contributed by atoms with Crippen LogP contribution >= 0.6 is 0 Å². The number of aromatic amines is 1. The Balaban J connectivity index is 1.56. The van der Waals surface area contributed by atoms with Crippen LogP contribution in [-0.4, -0.2) is 29.3 Å². The first kappa shape index (κ1) is 15.0. The lowest BCUT2D eigenvalue weighted by Crippen LogP contribution is -2.28. The molecule has 1 heterocycles. The van der Waals surface area contributed by atoms with Gasteiger partial charge in [-0.2, -0.15) is 5.10 Å². The lowest BCUT2D eigenvalue weighted by molar-refractivity contribution is -0.121. The summed E-state index contributed by atoms with van der Waals surface area (Å²) in [6, 6.07) is 6.20. The molecular formula is C15H18FN3O2. The second kappa shape index (κ2) is 8.04. The van der Waals surface area contributed by atoms with Crippen LogP contribution in [0.15, 0.2) is 36.7 Å². The van der Waals surface area contributed by atoms with E-state index in [4.69, 9.17) is 4.74 Å².